The average Bonchev–Trinajstić information content (AvgIpc) is 2.41. The van der Waals surface area contributed by atoms with Gasteiger partial charge in [0, 0.05) is 0 Å². The Kier molecular flexibility index (Phi) is 5.04. The summed E-state index contributed by atoms with van der Waals surface area (Å²) in [4.78, 5) is 0. The van der Waals surface area contributed by atoms with E-state index in [4.69, 9.17) is 0 Å². The van der Waals surface area contributed by atoms with E-state index in [2.05, 4.69) is 44.2 Å². The predicted octanol–water partition coefficient (Wildman–Crippen LogP) is 5.54. The van der Waals surface area contributed by atoms with Crippen LogP contribution < -0.4 is 0 Å². The van der Waals surface area contributed by atoms with Crippen LogP contribution in [0.15, 0.2) is 41.5 Å². The van der Waals surface area contributed by atoms with Gasteiger partial charge in [-0.15, -0.1) is 0 Å². The summed E-state index contributed by atoms with van der Waals surface area (Å²) in [7, 11) is 0. The lowest BCUT2D eigenvalue weighted by Gasteiger charge is -2.22. The molecule has 0 radical (unpaired) electrons. The molecule has 0 amide bonds. The monoisotopic (exact) mass is 242 g/mol. The Hall–Kier alpha value is -1.04. The van der Waals surface area contributed by atoms with Crippen LogP contribution in [0.3, 0.4) is 0 Å². The van der Waals surface area contributed by atoms with Gasteiger partial charge in [-0.25, -0.2) is 0 Å². The molecule has 0 aliphatic heterocycles. The molecule has 0 saturated heterocycles. The lowest BCUT2D eigenvalue weighted by Crippen LogP contribution is -2.07. The number of benzene rings is 1. The van der Waals surface area contributed by atoms with Crippen LogP contribution in [0.1, 0.15) is 57.9 Å². The molecule has 0 bridgehead atoms. The zero-order chi connectivity index (χ0) is 12.8. The van der Waals surface area contributed by atoms with E-state index in [0.717, 1.165) is 12.3 Å². The van der Waals surface area contributed by atoms with Crippen LogP contribution in [-0.2, 0) is 6.42 Å². The zero-order valence-electron chi connectivity index (χ0n) is 11.9. The van der Waals surface area contributed by atoms with Gasteiger partial charge in [0.1, 0.15) is 0 Å². The van der Waals surface area contributed by atoms with Crippen LogP contribution >= 0.6 is 0 Å². The Labute approximate surface area is 112 Å². The molecule has 0 spiro atoms. The van der Waals surface area contributed by atoms with Gasteiger partial charge >= 0.3 is 0 Å². The fourth-order valence-electron chi connectivity index (χ4n) is 3.05. The Morgan fingerprint density at radius 2 is 1.61 bits per heavy atom. The molecule has 1 aromatic rings. The van der Waals surface area contributed by atoms with Crippen LogP contribution in [0.2, 0.25) is 0 Å². The van der Waals surface area contributed by atoms with Crippen LogP contribution in [-0.4, -0.2) is 0 Å². The first-order valence-electron chi connectivity index (χ1n) is 7.45. The summed E-state index contributed by atoms with van der Waals surface area (Å²) < 4.78 is 0. The Morgan fingerprint density at radius 1 is 0.944 bits per heavy atom. The van der Waals surface area contributed by atoms with Gasteiger partial charge in [-0.3, -0.25) is 0 Å². The molecule has 0 heterocycles. The van der Waals surface area contributed by atoms with Gasteiger partial charge in [0.25, 0.3) is 0 Å². The minimum Gasteiger partial charge on any atom is -0.0738 e. The summed E-state index contributed by atoms with van der Waals surface area (Å²) in [6, 6.07) is 10.8. The largest absolute Gasteiger partial charge is 0.0738 e. The van der Waals surface area contributed by atoms with Gasteiger partial charge in [-0.1, -0.05) is 73.6 Å². The highest BCUT2D eigenvalue weighted by atomic mass is 14.2. The second-order valence-electron chi connectivity index (χ2n) is 5.93. The van der Waals surface area contributed by atoms with Gasteiger partial charge in [0.2, 0.25) is 0 Å². The summed E-state index contributed by atoms with van der Waals surface area (Å²) in [5, 5.41) is 0. The third-order valence-corrected chi connectivity index (χ3v) is 4.36. The van der Waals surface area contributed by atoms with Crippen LogP contribution in [0.5, 0.6) is 0 Å². The van der Waals surface area contributed by atoms with Crippen molar-refractivity contribution in [2.75, 3.05) is 0 Å². The van der Waals surface area contributed by atoms with Gasteiger partial charge in [-0.2, -0.15) is 0 Å². The first-order valence-corrected chi connectivity index (χ1v) is 7.45. The van der Waals surface area contributed by atoms with Crippen LogP contribution in [0, 0.1) is 5.92 Å². The quantitative estimate of drug-likeness (QED) is 0.608. The lowest BCUT2D eigenvalue weighted by atomic mass is 9.83. The second kappa shape index (κ2) is 6.78. The summed E-state index contributed by atoms with van der Waals surface area (Å²) in [6.45, 7) is 4.65. The van der Waals surface area contributed by atoms with Crippen molar-refractivity contribution in [3.63, 3.8) is 0 Å². The summed E-state index contributed by atoms with van der Waals surface area (Å²) >= 11 is 0. The smallest absolute Gasteiger partial charge is 0.00673 e. The minimum absolute atomic E-state index is 0.962. The van der Waals surface area contributed by atoms with Crippen LogP contribution in [0.25, 0.3) is 0 Å². The molecule has 18 heavy (non-hydrogen) atoms. The highest BCUT2D eigenvalue weighted by Crippen LogP contribution is 2.30. The lowest BCUT2D eigenvalue weighted by molar-refractivity contribution is 0.355. The highest BCUT2D eigenvalue weighted by molar-refractivity contribution is 5.23. The van der Waals surface area contributed by atoms with Crippen molar-refractivity contribution in [1.82, 2.24) is 0 Å². The SMILES string of the molecule is C/C(Cc1ccccc1)=C(\C)CC1CCCCC1. The van der Waals surface area contributed by atoms with Crippen molar-refractivity contribution in [1.29, 1.82) is 0 Å². The number of hydrogen-bond acceptors (Lipinski definition) is 0. The molecule has 0 atom stereocenters. The molecule has 0 aromatic heterocycles. The first kappa shape index (κ1) is 13.4. The molecule has 1 aliphatic rings. The fourth-order valence-corrected chi connectivity index (χ4v) is 3.05. The zero-order valence-corrected chi connectivity index (χ0v) is 11.9. The summed E-state index contributed by atoms with van der Waals surface area (Å²) in [5.74, 6) is 0.962. The summed E-state index contributed by atoms with van der Waals surface area (Å²) in [5.41, 5.74) is 4.65. The predicted molar refractivity (Wildman–Crippen MR) is 79.7 cm³/mol. The third-order valence-electron chi connectivity index (χ3n) is 4.36. The van der Waals surface area contributed by atoms with E-state index in [-0.39, 0.29) is 0 Å². The van der Waals surface area contributed by atoms with E-state index in [1.807, 2.05) is 0 Å². The first-order chi connectivity index (χ1) is 8.75. The van der Waals surface area contributed by atoms with Crippen molar-refractivity contribution < 1.29 is 0 Å². The van der Waals surface area contributed by atoms with E-state index < -0.39 is 0 Å². The minimum atomic E-state index is 0.962. The molecule has 98 valence electrons. The van der Waals surface area contributed by atoms with Gasteiger partial charge in [-0.05, 0) is 38.2 Å². The number of allylic oxidation sites excluding steroid dienone is 2. The van der Waals surface area contributed by atoms with E-state index in [1.165, 1.54) is 44.1 Å². The van der Waals surface area contributed by atoms with Crippen molar-refractivity contribution in [3.8, 4) is 0 Å². The molecule has 2 rings (SSSR count). The number of hydrogen-bond donors (Lipinski definition) is 0. The molecule has 1 fully saturated rings. The fraction of sp³-hybridized carbons (Fsp3) is 0.556. The molecular weight excluding hydrogens is 216 g/mol. The Morgan fingerprint density at radius 3 is 2.28 bits per heavy atom. The standard InChI is InChI=1S/C18H26/c1-15(13-17-9-5-3-6-10-17)16(2)14-18-11-7-4-8-12-18/h3,5-6,9-10,18H,4,7-8,11-14H2,1-2H3/b16-15-. The topological polar surface area (TPSA) is 0 Å². The van der Waals surface area contributed by atoms with Gasteiger partial charge in [0.15, 0.2) is 0 Å². The highest BCUT2D eigenvalue weighted by Gasteiger charge is 2.14. The second-order valence-corrected chi connectivity index (χ2v) is 5.93. The van der Waals surface area contributed by atoms with E-state index in [1.54, 1.807) is 11.1 Å². The molecular formula is C18H26. The van der Waals surface area contributed by atoms with E-state index in [9.17, 15) is 0 Å². The van der Waals surface area contributed by atoms with E-state index in [0.29, 0.717) is 0 Å². The van der Waals surface area contributed by atoms with Crippen LogP contribution in [0.4, 0.5) is 0 Å². The Bertz CT molecular complexity index is 380. The van der Waals surface area contributed by atoms with E-state index >= 15 is 0 Å². The van der Waals surface area contributed by atoms with Gasteiger partial charge in [0.05, 0.1) is 0 Å². The maximum atomic E-state index is 2.34. The van der Waals surface area contributed by atoms with Crippen molar-refractivity contribution in [2.24, 2.45) is 5.92 Å². The average molecular weight is 242 g/mol. The summed E-state index contributed by atoms with van der Waals surface area (Å²) in [6.07, 6.45) is 9.73. The van der Waals surface area contributed by atoms with Crippen molar-refractivity contribution in [2.45, 2.75) is 58.8 Å². The molecule has 0 unspecified atom stereocenters. The molecule has 0 nitrogen and oxygen atoms in total. The molecule has 0 heteroatoms. The Balaban J connectivity index is 1.92. The normalized spacial score (nSPS) is 18.6. The maximum absolute atomic E-state index is 2.34. The van der Waals surface area contributed by atoms with Gasteiger partial charge < -0.3 is 0 Å². The van der Waals surface area contributed by atoms with Crippen molar-refractivity contribution in [3.05, 3.63) is 47.0 Å². The molecule has 0 N–H and O–H groups in total. The van der Waals surface area contributed by atoms with Crippen molar-refractivity contribution >= 4 is 0 Å². The number of rotatable bonds is 4. The maximum Gasteiger partial charge on any atom is -0.00673 e. The third kappa shape index (κ3) is 4.01. The molecule has 1 saturated carbocycles. The molecule has 1 aromatic carbocycles. The molecule has 1 aliphatic carbocycles.